The Hall–Kier alpha value is -3.32. The summed E-state index contributed by atoms with van der Waals surface area (Å²) in [6.45, 7) is 4.55. The quantitative estimate of drug-likeness (QED) is 0.0713. The molecule has 0 aliphatic carbocycles. The summed E-state index contributed by atoms with van der Waals surface area (Å²) in [6, 6.07) is 12.5. The van der Waals surface area contributed by atoms with E-state index in [1.807, 2.05) is 0 Å². The first kappa shape index (κ1) is 30.2. The van der Waals surface area contributed by atoms with Gasteiger partial charge in [-0.15, -0.1) is 23.3 Å². The lowest BCUT2D eigenvalue weighted by atomic mass is 10.0. The number of nitrogens with one attached hydrogen (secondary N) is 3. The lowest BCUT2D eigenvalue weighted by Gasteiger charge is -2.33. The highest BCUT2D eigenvalue weighted by Gasteiger charge is 2.27. The van der Waals surface area contributed by atoms with Crippen LogP contribution in [-0.2, 0) is 9.63 Å². The van der Waals surface area contributed by atoms with Crippen molar-refractivity contribution in [3.63, 3.8) is 0 Å². The number of rotatable bonds is 9. The number of piperidine rings is 1. The number of aromatic nitrogens is 2. The van der Waals surface area contributed by atoms with Crippen LogP contribution in [0.2, 0.25) is 0 Å². The molecule has 0 saturated carbocycles. The smallest absolute Gasteiger partial charge is 0.264 e. The summed E-state index contributed by atoms with van der Waals surface area (Å²) in [4.78, 5) is 27.7. The Labute approximate surface area is 241 Å². The number of carbonyl (C=O) groups is 1. The highest BCUT2D eigenvalue weighted by Crippen LogP contribution is 2.28. The fourth-order valence-electron chi connectivity index (χ4n) is 4.02. The minimum atomic E-state index is -0.344. The molecule has 1 atom stereocenters. The normalized spacial score (nSPS) is 14.5. The summed E-state index contributed by atoms with van der Waals surface area (Å²) in [5.41, 5.74) is 3.85. The van der Waals surface area contributed by atoms with Crippen LogP contribution in [0.3, 0.4) is 0 Å². The van der Waals surface area contributed by atoms with Gasteiger partial charge in [-0.05, 0) is 61.4 Å². The van der Waals surface area contributed by atoms with Crippen molar-refractivity contribution in [3.05, 3.63) is 83.4 Å². The fraction of sp³-hybridized carbons (Fsp3) is 0.231. The maximum absolute atomic E-state index is 13.1. The van der Waals surface area contributed by atoms with Crippen molar-refractivity contribution in [2.24, 2.45) is 0 Å². The first-order chi connectivity index (χ1) is 18.9. The summed E-state index contributed by atoms with van der Waals surface area (Å²) in [6.07, 6.45) is 2.95. The summed E-state index contributed by atoms with van der Waals surface area (Å²) in [7, 11) is 1.45. The van der Waals surface area contributed by atoms with E-state index >= 15 is 0 Å². The SMILES string of the molecule is C=C(Cl)C(=O)N1CCCC(Nc2ncnc(NOC)c2C(=N)c2ccc(Oc3ccc(F)cc3)cc2)C1.SS. The zero-order chi connectivity index (χ0) is 28.4. The largest absolute Gasteiger partial charge is 0.457 e. The molecule has 1 fully saturated rings. The zero-order valence-electron chi connectivity index (χ0n) is 21.0. The lowest BCUT2D eigenvalue weighted by molar-refractivity contribution is -0.127. The highest BCUT2D eigenvalue weighted by molar-refractivity contribution is 8.59. The number of halogens is 2. The third kappa shape index (κ3) is 8.09. The molecule has 2 aromatic carbocycles. The van der Waals surface area contributed by atoms with Gasteiger partial charge in [0.15, 0.2) is 5.82 Å². The van der Waals surface area contributed by atoms with Crippen LogP contribution in [-0.4, -0.2) is 52.7 Å². The van der Waals surface area contributed by atoms with Gasteiger partial charge in [-0.25, -0.2) is 19.8 Å². The van der Waals surface area contributed by atoms with Crippen LogP contribution in [0.1, 0.15) is 24.0 Å². The number of hydrogen-bond donors (Lipinski definition) is 5. The Morgan fingerprint density at radius 2 is 1.74 bits per heavy atom. The molecule has 4 rings (SSSR count). The van der Waals surface area contributed by atoms with Gasteiger partial charge in [0.1, 0.15) is 29.5 Å². The zero-order valence-corrected chi connectivity index (χ0v) is 23.6. The van der Waals surface area contributed by atoms with Gasteiger partial charge in [0.25, 0.3) is 5.91 Å². The van der Waals surface area contributed by atoms with Crippen molar-refractivity contribution in [1.82, 2.24) is 14.9 Å². The Kier molecular flexibility index (Phi) is 11.4. The second kappa shape index (κ2) is 14.7. The van der Waals surface area contributed by atoms with Crippen LogP contribution >= 0.6 is 34.9 Å². The van der Waals surface area contributed by atoms with E-state index in [4.69, 9.17) is 26.6 Å². The van der Waals surface area contributed by atoms with E-state index in [1.54, 1.807) is 29.2 Å². The molecule has 9 nitrogen and oxygen atoms in total. The molecule has 1 aliphatic heterocycles. The molecule has 1 saturated heterocycles. The van der Waals surface area contributed by atoms with E-state index in [9.17, 15) is 9.18 Å². The first-order valence-corrected chi connectivity index (χ1v) is 13.7. The number of thiol groups is 2. The number of likely N-dealkylation sites (tertiary alicyclic amines) is 1. The van der Waals surface area contributed by atoms with Gasteiger partial charge in [0.05, 0.1) is 23.4 Å². The van der Waals surface area contributed by atoms with E-state index in [-0.39, 0.29) is 28.5 Å². The summed E-state index contributed by atoms with van der Waals surface area (Å²) in [5.74, 6) is 1.13. The Morgan fingerprint density at radius 1 is 1.13 bits per heavy atom. The van der Waals surface area contributed by atoms with E-state index < -0.39 is 0 Å². The Bertz CT molecular complexity index is 1300. The highest BCUT2D eigenvalue weighted by atomic mass is 35.5. The number of ether oxygens (including phenoxy) is 1. The standard InChI is InChI=1S/C26H26ClFN6O3.H2S2/c1-16(27)26(35)34-13-3-4-19(14-34)32-24-22(25(33-36-2)31-15-30-24)23(29)17-5-9-20(10-6-17)37-21-11-7-18(28)8-12-21;1-2/h5-12,15,19,29H,1,3-4,13-14H2,2H3,(H2,30,31,32,33);1-2H. The topological polar surface area (TPSA) is 112 Å². The van der Waals surface area contributed by atoms with Gasteiger partial charge < -0.3 is 15.0 Å². The van der Waals surface area contributed by atoms with E-state index in [0.717, 1.165) is 12.8 Å². The average Bonchev–Trinajstić information content (AvgIpc) is 2.95. The van der Waals surface area contributed by atoms with E-state index in [2.05, 4.69) is 50.7 Å². The third-order valence-corrected chi connectivity index (χ3v) is 5.93. The van der Waals surface area contributed by atoms with Crippen LogP contribution in [0.25, 0.3) is 0 Å². The molecule has 0 radical (unpaired) electrons. The minimum absolute atomic E-state index is 0.0245. The molecule has 13 heteroatoms. The lowest BCUT2D eigenvalue weighted by Crippen LogP contribution is -2.45. The summed E-state index contributed by atoms with van der Waals surface area (Å²) in [5, 5.41) is 12.3. The van der Waals surface area contributed by atoms with E-state index in [1.165, 1.54) is 37.7 Å². The third-order valence-electron chi connectivity index (χ3n) is 5.77. The van der Waals surface area contributed by atoms with Gasteiger partial charge in [-0.3, -0.25) is 15.0 Å². The number of benzene rings is 2. The molecular formula is C26H28ClFN6O3S2. The number of hydrogen-bond acceptors (Lipinski definition) is 10. The van der Waals surface area contributed by atoms with Gasteiger partial charge >= 0.3 is 0 Å². The predicted octanol–water partition coefficient (Wildman–Crippen LogP) is 5.71. The maximum atomic E-state index is 13.1. The molecule has 206 valence electrons. The van der Waals surface area contributed by atoms with Gasteiger partial charge in [-0.2, -0.15) is 0 Å². The van der Waals surface area contributed by atoms with Crippen LogP contribution in [0, 0.1) is 11.2 Å². The van der Waals surface area contributed by atoms with E-state index in [0.29, 0.717) is 47.4 Å². The van der Waals surface area contributed by atoms with Crippen molar-refractivity contribution in [1.29, 1.82) is 5.41 Å². The van der Waals surface area contributed by atoms with Crippen molar-refractivity contribution in [2.75, 3.05) is 31.0 Å². The van der Waals surface area contributed by atoms with Crippen LogP contribution in [0.15, 0.2) is 66.5 Å². The minimum Gasteiger partial charge on any atom is -0.457 e. The second-order valence-corrected chi connectivity index (χ2v) is 8.80. The van der Waals surface area contributed by atoms with Crippen LogP contribution < -0.4 is 15.5 Å². The average molecular weight is 591 g/mol. The van der Waals surface area contributed by atoms with Crippen molar-refractivity contribution in [2.45, 2.75) is 18.9 Å². The summed E-state index contributed by atoms with van der Waals surface area (Å²) >= 11 is 12.3. The first-order valence-electron chi connectivity index (χ1n) is 11.7. The molecule has 2 heterocycles. The molecular weight excluding hydrogens is 563 g/mol. The monoisotopic (exact) mass is 590 g/mol. The van der Waals surface area contributed by atoms with Crippen molar-refractivity contribution >= 4 is 58.2 Å². The molecule has 1 unspecified atom stereocenters. The summed E-state index contributed by atoms with van der Waals surface area (Å²) < 4.78 is 18.9. The van der Waals surface area contributed by atoms with Crippen molar-refractivity contribution < 1.29 is 18.8 Å². The van der Waals surface area contributed by atoms with Gasteiger partial charge in [0.2, 0.25) is 0 Å². The molecule has 1 amide bonds. The van der Waals surface area contributed by atoms with Crippen LogP contribution in [0.5, 0.6) is 11.5 Å². The van der Waals surface area contributed by atoms with Gasteiger partial charge in [0, 0.05) is 24.7 Å². The number of amides is 1. The molecule has 39 heavy (non-hydrogen) atoms. The molecule has 0 spiro atoms. The van der Waals surface area contributed by atoms with Crippen molar-refractivity contribution in [3.8, 4) is 11.5 Å². The molecule has 3 aromatic rings. The van der Waals surface area contributed by atoms with Gasteiger partial charge in [-0.1, -0.05) is 18.2 Å². The number of nitrogens with zero attached hydrogens (tertiary/aromatic N) is 3. The Morgan fingerprint density at radius 3 is 2.36 bits per heavy atom. The molecule has 1 aliphatic rings. The predicted molar refractivity (Wildman–Crippen MR) is 158 cm³/mol. The number of carbonyl (C=O) groups excluding carboxylic acids is 1. The second-order valence-electron chi connectivity index (χ2n) is 8.35. The molecule has 3 N–H and O–H groups in total. The fourth-order valence-corrected chi connectivity index (χ4v) is 4.14. The van der Waals surface area contributed by atoms with Crippen LogP contribution in [0.4, 0.5) is 16.0 Å². The Balaban J connectivity index is 0.00000205. The number of anilines is 2. The maximum Gasteiger partial charge on any atom is 0.264 e. The molecule has 0 bridgehead atoms. The molecule has 1 aromatic heterocycles.